The lowest BCUT2D eigenvalue weighted by Crippen LogP contribution is -2.54. The fourth-order valence-corrected chi connectivity index (χ4v) is 4.39. The molecule has 36 heavy (non-hydrogen) atoms. The number of halogens is 1. The van der Waals surface area contributed by atoms with Crippen molar-refractivity contribution in [2.75, 3.05) is 13.7 Å². The number of fused-ring (bicyclic) bond motifs is 1. The van der Waals surface area contributed by atoms with Crippen molar-refractivity contribution >= 4 is 40.2 Å². The molecule has 2 heterocycles. The van der Waals surface area contributed by atoms with Crippen LogP contribution in [0.1, 0.15) is 48.0 Å². The fourth-order valence-electron chi connectivity index (χ4n) is 4.22. The Hall–Kier alpha value is -3.07. The van der Waals surface area contributed by atoms with Gasteiger partial charge in [0.2, 0.25) is 11.8 Å². The molecule has 9 nitrogen and oxygen atoms in total. The normalized spacial score (nSPS) is 18.8. The van der Waals surface area contributed by atoms with Gasteiger partial charge in [0.1, 0.15) is 23.5 Å². The third kappa shape index (κ3) is 6.37. The standard InChI is InChI=1S/C26H34ClN3O6/c1-14(2)22(29-25(33)36-26(4,5)6)24(32)30-13-17(11-20(30)15(3)31)35-23-19-10-16(27)8-9-18(19)21(34-7)12-28-23/h8-10,12,14,17,20,22H,11,13H2,1-7H3,(H,29,33). The van der Waals surface area contributed by atoms with E-state index >= 15 is 0 Å². The lowest BCUT2D eigenvalue weighted by Gasteiger charge is -2.30. The molecule has 0 aliphatic carbocycles. The number of carbonyl (C=O) groups excluding carboxylic acids is 3. The van der Waals surface area contributed by atoms with Gasteiger partial charge < -0.3 is 24.4 Å². The van der Waals surface area contributed by atoms with Gasteiger partial charge in [0.15, 0.2) is 5.78 Å². The SMILES string of the molecule is COc1cnc(OC2CC(C(C)=O)N(C(=O)C(NC(=O)OC(C)(C)C)C(C)C)C2)c2cc(Cl)ccc12. The van der Waals surface area contributed by atoms with E-state index in [1.807, 2.05) is 19.9 Å². The molecule has 3 unspecified atom stereocenters. The topological polar surface area (TPSA) is 107 Å². The second-order valence-electron chi connectivity index (χ2n) is 10.3. The largest absolute Gasteiger partial charge is 0.494 e. The number of ketones is 1. The number of nitrogens with zero attached hydrogens (tertiary/aromatic N) is 2. The van der Waals surface area contributed by atoms with Crippen molar-refractivity contribution in [1.82, 2.24) is 15.2 Å². The molecule has 1 aliphatic rings. The highest BCUT2D eigenvalue weighted by molar-refractivity contribution is 6.31. The summed E-state index contributed by atoms with van der Waals surface area (Å²) in [7, 11) is 1.56. The second-order valence-corrected chi connectivity index (χ2v) is 10.7. The van der Waals surface area contributed by atoms with Gasteiger partial charge in [-0.25, -0.2) is 9.78 Å². The number of rotatable bonds is 7. The van der Waals surface area contributed by atoms with E-state index in [9.17, 15) is 14.4 Å². The van der Waals surface area contributed by atoms with E-state index in [1.54, 1.807) is 46.2 Å². The highest BCUT2D eigenvalue weighted by atomic mass is 35.5. The molecule has 2 amide bonds. The molecule has 0 radical (unpaired) electrons. The maximum atomic E-state index is 13.5. The van der Waals surface area contributed by atoms with Crippen LogP contribution in [-0.2, 0) is 14.3 Å². The van der Waals surface area contributed by atoms with E-state index in [2.05, 4.69) is 10.3 Å². The van der Waals surface area contributed by atoms with Crippen LogP contribution in [0, 0.1) is 5.92 Å². The number of alkyl carbamates (subject to hydrolysis) is 1. The molecule has 0 spiro atoms. The molecule has 3 rings (SSSR count). The zero-order chi connectivity index (χ0) is 26.8. The Bertz CT molecular complexity index is 1150. The first-order chi connectivity index (χ1) is 16.8. The van der Waals surface area contributed by atoms with Crippen molar-refractivity contribution in [2.45, 2.75) is 71.8 Å². The van der Waals surface area contributed by atoms with E-state index in [4.69, 9.17) is 25.8 Å². The van der Waals surface area contributed by atoms with Gasteiger partial charge in [-0.2, -0.15) is 0 Å². The minimum Gasteiger partial charge on any atom is -0.494 e. The number of nitrogens with one attached hydrogen (secondary N) is 1. The molecule has 1 aromatic carbocycles. The summed E-state index contributed by atoms with van der Waals surface area (Å²) in [5.74, 6) is 0.156. The summed E-state index contributed by atoms with van der Waals surface area (Å²) in [6.07, 6.45) is 0.687. The van der Waals surface area contributed by atoms with Crippen LogP contribution in [0.2, 0.25) is 5.02 Å². The maximum absolute atomic E-state index is 13.5. The molecule has 1 aromatic heterocycles. The Balaban J connectivity index is 1.84. The summed E-state index contributed by atoms with van der Waals surface area (Å²) < 4.78 is 16.9. The molecular weight excluding hydrogens is 486 g/mol. The van der Waals surface area contributed by atoms with Crippen molar-refractivity contribution < 1.29 is 28.6 Å². The summed E-state index contributed by atoms with van der Waals surface area (Å²) in [4.78, 5) is 44.3. The van der Waals surface area contributed by atoms with E-state index in [-0.39, 0.29) is 24.2 Å². The van der Waals surface area contributed by atoms with Gasteiger partial charge in [-0.1, -0.05) is 25.4 Å². The van der Waals surface area contributed by atoms with Gasteiger partial charge in [0, 0.05) is 22.2 Å². The summed E-state index contributed by atoms with van der Waals surface area (Å²) in [5, 5.41) is 4.63. The average Bonchev–Trinajstić information content (AvgIpc) is 3.20. The summed E-state index contributed by atoms with van der Waals surface area (Å²) >= 11 is 6.21. The number of Topliss-reactive ketones (excluding diaryl/α,β-unsaturated/α-hetero) is 1. The molecule has 196 valence electrons. The number of ether oxygens (including phenoxy) is 3. The Kier molecular flexibility index (Phi) is 8.33. The lowest BCUT2D eigenvalue weighted by atomic mass is 10.0. The lowest BCUT2D eigenvalue weighted by molar-refractivity contribution is -0.139. The number of hydrogen-bond acceptors (Lipinski definition) is 7. The van der Waals surface area contributed by atoms with Crippen molar-refractivity contribution in [1.29, 1.82) is 0 Å². The highest BCUT2D eigenvalue weighted by Crippen LogP contribution is 2.35. The molecule has 1 N–H and O–H groups in total. The number of hydrogen-bond donors (Lipinski definition) is 1. The molecule has 0 bridgehead atoms. The first-order valence-corrected chi connectivity index (χ1v) is 12.3. The van der Waals surface area contributed by atoms with Crippen LogP contribution in [0.3, 0.4) is 0 Å². The molecule has 1 aliphatic heterocycles. The van der Waals surface area contributed by atoms with Crippen LogP contribution in [0.25, 0.3) is 10.8 Å². The van der Waals surface area contributed by atoms with Gasteiger partial charge in [0.05, 0.1) is 25.9 Å². The van der Waals surface area contributed by atoms with E-state index in [1.165, 1.54) is 11.8 Å². The Morgan fingerprint density at radius 3 is 2.47 bits per heavy atom. The van der Waals surface area contributed by atoms with Crippen LogP contribution >= 0.6 is 11.6 Å². The van der Waals surface area contributed by atoms with Crippen LogP contribution in [0.15, 0.2) is 24.4 Å². The molecule has 0 saturated carbocycles. The first-order valence-electron chi connectivity index (χ1n) is 11.9. The average molecular weight is 520 g/mol. The Labute approximate surface area is 216 Å². The molecule has 10 heteroatoms. The summed E-state index contributed by atoms with van der Waals surface area (Å²) in [6.45, 7) is 10.5. The summed E-state index contributed by atoms with van der Waals surface area (Å²) in [6, 6.07) is 3.77. The van der Waals surface area contributed by atoms with Crippen LogP contribution in [0.4, 0.5) is 4.79 Å². The Morgan fingerprint density at radius 2 is 1.89 bits per heavy atom. The van der Waals surface area contributed by atoms with Crippen molar-refractivity contribution in [3.63, 3.8) is 0 Å². The van der Waals surface area contributed by atoms with Gasteiger partial charge in [-0.05, 0) is 51.8 Å². The van der Waals surface area contributed by atoms with Crippen LogP contribution in [-0.4, -0.2) is 65.1 Å². The quantitative estimate of drug-likeness (QED) is 0.578. The third-order valence-corrected chi connectivity index (χ3v) is 6.13. The number of benzene rings is 1. The maximum Gasteiger partial charge on any atom is 0.408 e. The zero-order valence-electron chi connectivity index (χ0n) is 21.8. The number of aromatic nitrogens is 1. The summed E-state index contributed by atoms with van der Waals surface area (Å²) in [5.41, 5.74) is -0.708. The monoisotopic (exact) mass is 519 g/mol. The number of carbonyl (C=O) groups is 3. The van der Waals surface area contributed by atoms with Crippen LogP contribution < -0.4 is 14.8 Å². The highest BCUT2D eigenvalue weighted by Gasteiger charge is 2.43. The number of likely N-dealkylation sites (tertiary alicyclic amines) is 1. The van der Waals surface area contributed by atoms with Crippen LogP contribution in [0.5, 0.6) is 11.6 Å². The van der Waals surface area contributed by atoms with Crippen molar-refractivity contribution in [3.8, 4) is 11.6 Å². The number of amides is 2. The molecule has 2 aromatic rings. The molecule has 3 atom stereocenters. The Morgan fingerprint density at radius 1 is 1.19 bits per heavy atom. The number of pyridine rings is 1. The zero-order valence-corrected chi connectivity index (χ0v) is 22.5. The molecule has 1 saturated heterocycles. The number of methoxy groups -OCH3 is 1. The van der Waals surface area contributed by atoms with E-state index in [0.717, 1.165) is 5.39 Å². The van der Waals surface area contributed by atoms with Crippen molar-refractivity contribution in [3.05, 3.63) is 29.4 Å². The predicted molar refractivity (Wildman–Crippen MR) is 137 cm³/mol. The minimum absolute atomic E-state index is 0.162. The fraction of sp³-hybridized carbons (Fsp3) is 0.538. The van der Waals surface area contributed by atoms with Gasteiger partial charge >= 0.3 is 6.09 Å². The minimum atomic E-state index is -0.862. The molecule has 1 fully saturated rings. The molecular formula is C26H34ClN3O6. The smallest absolute Gasteiger partial charge is 0.408 e. The van der Waals surface area contributed by atoms with Gasteiger partial charge in [-0.3, -0.25) is 9.59 Å². The first kappa shape index (κ1) is 27.5. The van der Waals surface area contributed by atoms with E-state index in [0.29, 0.717) is 28.5 Å². The van der Waals surface area contributed by atoms with Gasteiger partial charge in [0.25, 0.3) is 0 Å². The second kappa shape index (κ2) is 10.9. The van der Waals surface area contributed by atoms with E-state index < -0.39 is 29.9 Å². The third-order valence-electron chi connectivity index (χ3n) is 5.89. The van der Waals surface area contributed by atoms with Crippen molar-refractivity contribution in [2.24, 2.45) is 5.92 Å². The predicted octanol–water partition coefficient (Wildman–Crippen LogP) is 4.38. The van der Waals surface area contributed by atoms with Gasteiger partial charge in [-0.15, -0.1) is 0 Å².